The van der Waals surface area contributed by atoms with Crippen LogP contribution in [0.25, 0.3) is 0 Å². The molecule has 1 aliphatic rings. The quantitative estimate of drug-likeness (QED) is 0.814. The third-order valence-electron chi connectivity index (χ3n) is 3.45. The van der Waals surface area contributed by atoms with Gasteiger partial charge in [-0.15, -0.1) is 0 Å². The molecule has 5 heteroatoms. The number of nitrogens with one attached hydrogen (secondary N) is 1. The molecule has 1 aromatic heterocycles. The highest BCUT2D eigenvalue weighted by Crippen LogP contribution is 2.19. The van der Waals surface area contributed by atoms with E-state index < -0.39 is 0 Å². The molecular formula is C14H25N3O2. The monoisotopic (exact) mass is 267 g/mol. The third-order valence-corrected chi connectivity index (χ3v) is 3.45. The fourth-order valence-electron chi connectivity index (χ4n) is 2.47. The van der Waals surface area contributed by atoms with Gasteiger partial charge in [0, 0.05) is 32.3 Å². The van der Waals surface area contributed by atoms with Crippen LogP contribution in [0.15, 0.2) is 10.6 Å². The van der Waals surface area contributed by atoms with Crippen LogP contribution in [0.1, 0.15) is 31.7 Å². The van der Waals surface area contributed by atoms with Crippen LogP contribution in [-0.2, 0) is 17.8 Å². The standard InChI is InChI=1S/C14H25N3O2/c1-11(2)15-7-13-6-14(19-16-13)9-17-5-4-12(8-17)10-18-3/h6,11-12,15H,4-5,7-10H2,1-3H3. The Bertz CT molecular complexity index is 379. The Labute approximate surface area is 115 Å². The van der Waals surface area contributed by atoms with Crippen molar-refractivity contribution >= 4 is 0 Å². The zero-order valence-corrected chi connectivity index (χ0v) is 12.2. The van der Waals surface area contributed by atoms with E-state index in [2.05, 4.69) is 35.3 Å². The average molecular weight is 267 g/mol. The number of nitrogens with zero attached hydrogens (tertiary/aromatic N) is 2. The second-order valence-electron chi connectivity index (χ2n) is 5.67. The third kappa shape index (κ3) is 4.60. The van der Waals surface area contributed by atoms with Crippen molar-refractivity contribution in [3.8, 4) is 0 Å². The first-order chi connectivity index (χ1) is 9.17. The molecule has 2 rings (SSSR count). The Hall–Kier alpha value is -0.910. The van der Waals surface area contributed by atoms with Crippen LogP contribution in [0.3, 0.4) is 0 Å². The van der Waals surface area contributed by atoms with Gasteiger partial charge in [0.15, 0.2) is 5.76 Å². The summed E-state index contributed by atoms with van der Waals surface area (Å²) in [6.07, 6.45) is 1.21. The second-order valence-corrected chi connectivity index (χ2v) is 5.67. The lowest BCUT2D eigenvalue weighted by Crippen LogP contribution is -2.22. The highest BCUT2D eigenvalue weighted by Gasteiger charge is 2.23. The van der Waals surface area contributed by atoms with E-state index >= 15 is 0 Å². The molecule has 2 heterocycles. The van der Waals surface area contributed by atoms with Crippen LogP contribution < -0.4 is 5.32 Å². The van der Waals surface area contributed by atoms with Crippen molar-refractivity contribution in [1.82, 2.24) is 15.4 Å². The molecule has 1 saturated heterocycles. The first-order valence-corrected chi connectivity index (χ1v) is 7.06. The summed E-state index contributed by atoms with van der Waals surface area (Å²) in [6, 6.07) is 2.52. The smallest absolute Gasteiger partial charge is 0.151 e. The summed E-state index contributed by atoms with van der Waals surface area (Å²) in [4.78, 5) is 2.41. The van der Waals surface area contributed by atoms with Crippen LogP contribution in [0.4, 0.5) is 0 Å². The fraction of sp³-hybridized carbons (Fsp3) is 0.786. The van der Waals surface area contributed by atoms with E-state index in [1.54, 1.807) is 7.11 Å². The summed E-state index contributed by atoms with van der Waals surface area (Å²) in [6.45, 7) is 8.95. The van der Waals surface area contributed by atoms with Crippen molar-refractivity contribution in [1.29, 1.82) is 0 Å². The van der Waals surface area contributed by atoms with Crippen LogP contribution >= 0.6 is 0 Å². The molecule has 1 aliphatic heterocycles. The van der Waals surface area contributed by atoms with Gasteiger partial charge in [-0.3, -0.25) is 4.90 Å². The van der Waals surface area contributed by atoms with Crippen molar-refractivity contribution in [2.45, 2.75) is 39.4 Å². The minimum Gasteiger partial charge on any atom is -0.384 e. The first kappa shape index (κ1) is 14.5. The van der Waals surface area contributed by atoms with Gasteiger partial charge in [0.2, 0.25) is 0 Å². The molecular weight excluding hydrogens is 242 g/mol. The van der Waals surface area contributed by atoms with Crippen LogP contribution in [0.2, 0.25) is 0 Å². The van der Waals surface area contributed by atoms with E-state index in [-0.39, 0.29) is 0 Å². The number of hydrogen-bond donors (Lipinski definition) is 1. The molecule has 0 aliphatic carbocycles. The van der Waals surface area contributed by atoms with Crippen molar-refractivity contribution in [2.75, 3.05) is 26.8 Å². The second kappa shape index (κ2) is 7.03. The molecule has 0 aromatic carbocycles. The predicted molar refractivity (Wildman–Crippen MR) is 73.7 cm³/mol. The lowest BCUT2D eigenvalue weighted by atomic mass is 10.1. The molecule has 0 spiro atoms. The Balaban J connectivity index is 1.77. The van der Waals surface area contributed by atoms with Gasteiger partial charge in [0.05, 0.1) is 18.8 Å². The summed E-state index contributed by atoms with van der Waals surface area (Å²) in [7, 11) is 1.77. The van der Waals surface area contributed by atoms with E-state index in [0.717, 1.165) is 44.2 Å². The zero-order valence-electron chi connectivity index (χ0n) is 12.2. The molecule has 19 heavy (non-hydrogen) atoms. The molecule has 1 aromatic rings. The SMILES string of the molecule is COCC1CCN(Cc2cc(CNC(C)C)no2)C1. The maximum atomic E-state index is 5.39. The van der Waals surface area contributed by atoms with Crippen molar-refractivity contribution < 1.29 is 9.26 Å². The Morgan fingerprint density at radius 3 is 3.16 bits per heavy atom. The fourth-order valence-corrected chi connectivity index (χ4v) is 2.47. The topological polar surface area (TPSA) is 50.5 Å². The number of rotatable bonds is 7. The number of hydrogen-bond acceptors (Lipinski definition) is 5. The van der Waals surface area contributed by atoms with E-state index in [0.29, 0.717) is 12.0 Å². The van der Waals surface area contributed by atoms with Crippen LogP contribution in [-0.4, -0.2) is 42.9 Å². The predicted octanol–water partition coefficient (Wildman–Crippen LogP) is 1.64. The van der Waals surface area contributed by atoms with Gasteiger partial charge in [-0.2, -0.15) is 0 Å². The molecule has 1 N–H and O–H groups in total. The normalized spacial score (nSPS) is 20.5. The lowest BCUT2D eigenvalue weighted by molar-refractivity contribution is 0.151. The van der Waals surface area contributed by atoms with Gasteiger partial charge in [-0.25, -0.2) is 0 Å². The summed E-state index contributed by atoms with van der Waals surface area (Å²) >= 11 is 0. The summed E-state index contributed by atoms with van der Waals surface area (Å²) in [5.74, 6) is 1.62. The van der Waals surface area contributed by atoms with Crippen molar-refractivity contribution in [2.24, 2.45) is 5.92 Å². The molecule has 1 unspecified atom stereocenters. The Morgan fingerprint density at radius 2 is 2.42 bits per heavy atom. The summed E-state index contributed by atoms with van der Waals surface area (Å²) in [5, 5.41) is 7.44. The number of methoxy groups -OCH3 is 1. The maximum Gasteiger partial charge on any atom is 0.151 e. The van der Waals surface area contributed by atoms with E-state index in [4.69, 9.17) is 9.26 Å². The minimum atomic E-state index is 0.466. The molecule has 1 atom stereocenters. The summed E-state index contributed by atoms with van der Waals surface area (Å²) < 4.78 is 10.6. The first-order valence-electron chi connectivity index (χ1n) is 7.06. The molecule has 0 bridgehead atoms. The van der Waals surface area contributed by atoms with Gasteiger partial charge in [-0.1, -0.05) is 19.0 Å². The van der Waals surface area contributed by atoms with Gasteiger partial charge in [-0.05, 0) is 18.9 Å². The number of ether oxygens (including phenoxy) is 1. The molecule has 0 saturated carbocycles. The average Bonchev–Trinajstić information content (AvgIpc) is 2.98. The highest BCUT2D eigenvalue weighted by atomic mass is 16.5. The Kier molecular flexibility index (Phi) is 5.36. The lowest BCUT2D eigenvalue weighted by Gasteiger charge is -2.13. The zero-order chi connectivity index (χ0) is 13.7. The molecule has 0 radical (unpaired) electrons. The minimum absolute atomic E-state index is 0.466. The number of likely N-dealkylation sites (tertiary alicyclic amines) is 1. The Morgan fingerprint density at radius 1 is 1.58 bits per heavy atom. The van der Waals surface area contributed by atoms with E-state index in [1.807, 2.05) is 0 Å². The maximum absolute atomic E-state index is 5.39. The molecule has 108 valence electrons. The summed E-state index contributed by atoms with van der Waals surface area (Å²) in [5.41, 5.74) is 0.983. The number of aromatic nitrogens is 1. The van der Waals surface area contributed by atoms with Crippen LogP contribution in [0, 0.1) is 5.92 Å². The molecule has 1 fully saturated rings. The largest absolute Gasteiger partial charge is 0.384 e. The van der Waals surface area contributed by atoms with Gasteiger partial charge >= 0.3 is 0 Å². The highest BCUT2D eigenvalue weighted by molar-refractivity contribution is 5.05. The van der Waals surface area contributed by atoms with Gasteiger partial charge < -0.3 is 14.6 Å². The van der Waals surface area contributed by atoms with Gasteiger partial charge in [0.1, 0.15) is 0 Å². The molecule has 5 nitrogen and oxygen atoms in total. The van der Waals surface area contributed by atoms with E-state index in [9.17, 15) is 0 Å². The van der Waals surface area contributed by atoms with Crippen molar-refractivity contribution in [3.63, 3.8) is 0 Å². The van der Waals surface area contributed by atoms with E-state index in [1.165, 1.54) is 6.42 Å². The molecule has 0 amide bonds. The van der Waals surface area contributed by atoms with Crippen molar-refractivity contribution in [3.05, 3.63) is 17.5 Å². The van der Waals surface area contributed by atoms with Crippen LogP contribution in [0.5, 0.6) is 0 Å². The van der Waals surface area contributed by atoms with Gasteiger partial charge in [0.25, 0.3) is 0 Å².